The Hall–Kier alpha value is -2.24. The van der Waals surface area contributed by atoms with Crippen molar-refractivity contribution in [3.8, 4) is 5.75 Å². The van der Waals surface area contributed by atoms with Crippen molar-refractivity contribution in [2.75, 3.05) is 13.7 Å². The van der Waals surface area contributed by atoms with Crippen LogP contribution in [0.4, 0.5) is 0 Å². The molecule has 2 aromatic carbocycles. The van der Waals surface area contributed by atoms with Gasteiger partial charge in [0.2, 0.25) is 0 Å². The van der Waals surface area contributed by atoms with Crippen LogP contribution >= 0.6 is 49.9 Å². The highest BCUT2D eigenvalue weighted by molar-refractivity contribution is 14.1. The molecule has 0 saturated heterocycles. The lowest BCUT2D eigenvalue weighted by molar-refractivity contribution is -0.139. The van der Waals surface area contributed by atoms with Gasteiger partial charge in [-0.15, -0.1) is 0 Å². The van der Waals surface area contributed by atoms with Crippen LogP contribution in [-0.4, -0.2) is 24.3 Å². The fourth-order valence-electron chi connectivity index (χ4n) is 3.67. The lowest BCUT2D eigenvalue weighted by Gasteiger charge is -2.25. The van der Waals surface area contributed by atoms with E-state index >= 15 is 0 Å². The number of halogens is 2. The molecule has 1 aromatic heterocycles. The molecule has 0 amide bonds. The van der Waals surface area contributed by atoms with E-state index < -0.39 is 12.0 Å². The van der Waals surface area contributed by atoms with Crippen molar-refractivity contribution in [1.82, 2.24) is 4.57 Å². The first-order chi connectivity index (χ1) is 15.8. The Bertz CT molecular complexity index is 1440. The van der Waals surface area contributed by atoms with Crippen molar-refractivity contribution >= 4 is 61.9 Å². The summed E-state index contributed by atoms with van der Waals surface area (Å²) in [4.78, 5) is 31.7. The zero-order chi connectivity index (χ0) is 23.7. The molecule has 1 aliphatic rings. The van der Waals surface area contributed by atoms with Crippen LogP contribution in [0.5, 0.6) is 5.75 Å². The third-order valence-corrected chi connectivity index (χ3v) is 7.50. The van der Waals surface area contributed by atoms with Crippen molar-refractivity contribution in [2.45, 2.75) is 19.9 Å². The number of ether oxygens (including phenoxy) is 2. The van der Waals surface area contributed by atoms with Crippen LogP contribution in [0.2, 0.25) is 0 Å². The Kier molecular flexibility index (Phi) is 7.20. The smallest absolute Gasteiger partial charge is 0.338 e. The largest absolute Gasteiger partial charge is 0.496 e. The maximum absolute atomic E-state index is 13.6. The fraction of sp³-hybridized carbons (Fsp3) is 0.208. The molecule has 1 atom stereocenters. The minimum Gasteiger partial charge on any atom is -0.496 e. The molecule has 2 heterocycles. The van der Waals surface area contributed by atoms with E-state index in [1.54, 1.807) is 31.6 Å². The number of carbonyl (C=O) groups excluding carboxylic acids is 1. The van der Waals surface area contributed by atoms with E-state index in [1.807, 2.05) is 42.5 Å². The van der Waals surface area contributed by atoms with Gasteiger partial charge >= 0.3 is 5.97 Å². The van der Waals surface area contributed by atoms with Gasteiger partial charge in [-0.2, -0.15) is 0 Å². The van der Waals surface area contributed by atoms with Gasteiger partial charge in [0.1, 0.15) is 5.75 Å². The Morgan fingerprint density at radius 3 is 2.64 bits per heavy atom. The number of benzene rings is 2. The summed E-state index contributed by atoms with van der Waals surface area (Å²) in [6.07, 6.45) is 1.85. The average molecular weight is 639 g/mol. The standard InChI is InChI=1S/C24H20BrIN2O4S/c1-4-32-23(30)20-13(2)27-24-28(21(20)15-7-10-18(31-3)17(25)12-15)22(29)19(33-24)11-14-5-8-16(26)9-6-14/h5-12,21H,4H2,1-3H3/b19-11+/t21-/m1/s1. The predicted molar refractivity (Wildman–Crippen MR) is 140 cm³/mol. The van der Waals surface area contributed by atoms with E-state index in [2.05, 4.69) is 43.5 Å². The number of nitrogens with zero attached hydrogens (tertiary/aromatic N) is 2. The molecule has 3 aromatic rings. The molecule has 4 rings (SSSR count). The Balaban J connectivity index is 1.96. The van der Waals surface area contributed by atoms with Gasteiger partial charge in [0.25, 0.3) is 5.56 Å². The molecule has 1 aliphatic heterocycles. The fourth-order valence-corrected chi connectivity index (χ4v) is 5.63. The number of allylic oxidation sites excluding steroid dienone is 1. The zero-order valence-corrected chi connectivity index (χ0v) is 22.7. The van der Waals surface area contributed by atoms with Crippen molar-refractivity contribution in [1.29, 1.82) is 0 Å². The van der Waals surface area contributed by atoms with E-state index in [0.717, 1.165) is 19.2 Å². The molecule has 6 nitrogen and oxygen atoms in total. The summed E-state index contributed by atoms with van der Waals surface area (Å²) in [5.74, 6) is 0.172. The van der Waals surface area contributed by atoms with E-state index in [1.165, 1.54) is 11.3 Å². The number of carbonyl (C=O) groups is 1. The molecule has 0 aliphatic carbocycles. The molecular formula is C24H20BrIN2O4S. The van der Waals surface area contributed by atoms with Crippen LogP contribution in [0.1, 0.15) is 31.0 Å². The lowest BCUT2D eigenvalue weighted by atomic mass is 9.96. The van der Waals surface area contributed by atoms with Crippen molar-refractivity contribution < 1.29 is 14.3 Å². The Morgan fingerprint density at radius 2 is 2.00 bits per heavy atom. The summed E-state index contributed by atoms with van der Waals surface area (Å²) in [6.45, 7) is 3.75. The van der Waals surface area contributed by atoms with Crippen LogP contribution in [0.3, 0.4) is 0 Å². The van der Waals surface area contributed by atoms with Crippen molar-refractivity contribution in [3.63, 3.8) is 0 Å². The van der Waals surface area contributed by atoms with Crippen LogP contribution < -0.4 is 19.6 Å². The minimum atomic E-state index is -0.665. The summed E-state index contributed by atoms with van der Waals surface area (Å²) in [7, 11) is 1.58. The molecule has 0 saturated carbocycles. The normalized spacial score (nSPS) is 15.8. The van der Waals surface area contributed by atoms with Gasteiger partial charge in [-0.25, -0.2) is 9.79 Å². The molecule has 0 N–H and O–H groups in total. The zero-order valence-electron chi connectivity index (χ0n) is 18.1. The van der Waals surface area contributed by atoms with Crippen LogP contribution in [0.25, 0.3) is 6.08 Å². The number of hydrogen-bond donors (Lipinski definition) is 0. The van der Waals surface area contributed by atoms with E-state index in [4.69, 9.17) is 9.47 Å². The van der Waals surface area contributed by atoms with Crippen LogP contribution in [0, 0.1) is 3.57 Å². The summed E-state index contributed by atoms with van der Waals surface area (Å²) >= 11 is 7.07. The Morgan fingerprint density at radius 1 is 1.27 bits per heavy atom. The number of hydrogen-bond acceptors (Lipinski definition) is 6. The maximum Gasteiger partial charge on any atom is 0.338 e. The van der Waals surface area contributed by atoms with Gasteiger partial charge in [0.15, 0.2) is 4.80 Å². The molecule has 9 heteroatoms. The van der Waals surface area contributed by atoms with E-state index in [9.17, 15) is 9.59 Å². The SMILES string of the molecule is CCOC(=O)C1=C(C)N=c2s/c(=C/c3ccc(I)cc3)c(=O)n2[C@@H]1c1ccc(OC)c(Br)c1. The second-order valence-corrected chi connectivity index (χ2v) is 10.4. The molecule has 0 fully saturated rings. The number of methoxy groups -OCH3 is 1. The van der Waals surface area contributed by atoms with Crippen LogP contribution in [-0.2, 0) is 9.53 Å². The highest BCUT2D eigenvalue weighted by Crippen LogP contribution is 2.34. The molecule has 0 bridgehead atoms. The summed E-state index contributed by atoms with van der Waals surface area (Å²) in [6, 6.07) is 12.8. The second kappa shape index (κ2) is 9.94. The Labute approximate surface area is 216 Å². The molecule has 0 radical (unpaired) electrons. The summed E-state index contributed by atoms with van der Waals surface area (Å²) < 4.78 is 14.7. The van der Waals surface area contributed by atoms with E-state index in [0.29, 0.717) is 26.4 Å². The number of thiazole rings is 1. The monoisotopic (exact) mass is 638 g/mol. The molecule has 170 valence electrons. The third kappa shape index (κ3) is 4.71. The van der Waals surface area contributed by atoms with Gasteiger partial charge in [-0.05, 0) is 93.8 Å². The first-order valence-corrected chi connectivity index (χ1v) is 12.8. The second-order valence-electron chi connectivity index (χ2n) is 7.25. The minimum absolute atomic E-state index is 0.205. The molecule has 33 heavy (non-hydrogen) atoms. The highest BCUT2D eigenvalue weighted by Gasteiger charge is 2.33. The van der Waals surface area contributed by atoms with Gasteiger partial charge < -0.3 is 9.47 Å². The van der Waals surface area contributed by atoms with Crippen molar-refractivity contribution in [2.24, 2.45) is 4.99 Å². The van der Waals surface area contributed by atoms with E-state index in [-0.39, 0.29) is 12.2 Å². The predicted octanol–water partition coefficient (Wildman–Crippen LogP) is 4.17. The average Bonchev–Trinajstić information content (AvgIpc) is 3.09. The van der Waals surface area contributed by atoms with Gasteiger partial charge in [0, 0.05) is 3.57 Å². The lowest BCUT2D eigenvalue weighted by Crippen LogP contribution is -2.39. The molecule has 0 unspecified atom stereocenters. The van der Waals surface area contributed by atoms with Gasteiger partial charge in [-0.1, -0.05) is 29.5 Å². The maximum atomic E-state index is 13.6. The van der Waals surface area contributed by atoms with Gasteiger partial charge in [0.05, 0.1) is 40.0 Å². The molecule has 0 spiro atoms. The first-order valence-electron chi connectivity index (χ1n) is 10.1. The number of aromatic nitrogens is 1. The number of esters is 1. The quantitative estimate of drug-likeness (QED) is 0.311. The van der Waals surface area contributed by atoms with Crippen molar-refractivity contribution in [3.05, 3.63) is 92.6 Å². The summed E-state index contributed by atoms with van der Waals surface area (Å²) in [5, 5.41) is 0. The number of rotatable bonds is 5. The summed E-state index contributed by atoms with van der Waals surface area (Å²) in [5.41, 5.74) is 2.35. The third-order valence-electron chi connectivity index (χ3n) is 5.18. The molecular weight excluding hydrogens is 619 g/mol. The van der Waals surface area contributed by atoms with Gasteiger partial charge in [-0.3, -0.25) is 9.36 Å². The number of fused-ring (bicyclic) bond motifs is 1. The highest BCUT2D eigenvalue weighted by atomic mass is 127. The van der Waals surface area contributed by atoms with Crippen LogP contribution in [0.15, 0.2) is 68.0 Å². The first kappa shape index (κ1) is 23.9. The topological polar surface area (TPSA) is 69.9 Å².